The summed E-state index contributed by atoms with van der Waals surface area (Å²) in [5.74, 6) is -0.0199. The fourth-order valence-corrected chi connectivity index (χ4v) is 5.27. The van der Waals surface area contributed by atoms with E-state index >= 15 is 0 Å². The Balaban J connectivity index is 1.30. The van der Waals surface area contributed by atoms with Gasteiger partial charge < -0.3 is 4.90 Å². The molecule has 1 aliphatic rings. The van der Waals surface area contributed by atoms with Gasteiger partial charge in [0, 0.05) is 55.5 Å². The molecular formula is C23H25N3O3S2. The molecule has 1 aromatic heterocycles. The summed E-state index contributed by atoms with van der Waals surface area (Å²) in [6, 6.07) is 17.1. The van der Waals surface area contributed by atoms with Gasteiger partial charge in [0.05, 0.1) is 11.4 Å². The third-order valence-corrected chi connectivity index (χ3v) is 7.05. The van der Waals surface area contributed by atoms with Crippen molar-refractivity contribution in [2.24, 2.45) is 0 Å². The number of amides is 1. The first-order chi connectivity index (χ1) is 14.9. The van der Waals surface area contributed by atoms with Crippen molar-refractivity contribution in [3.05, 3.63) is 76.8 Å². The van der Waals surface area contributed by atoms with Gasteiger partial charge in [0.2, 0.25) is 0 Å². The van der Waals surface area contributed by atoms with Crippen LogP contribution in [0.5, 0.6) is 0 Å². The first kappa shape index (κ1) is 21.7. The highest BCUT2D eigenvalue weighted by molar-refractivity contribution is 7.89. The number of hydrogen-bond donors (Lipinski definition) is 0. The molecule has 2 aromatic carbocycles. The number of rotatable bonds is 6. The van der Waals surface area contributed by atoms with Gasteiger partial charge >= 0.3 is 0 Å². The van der Waals surface area contributed by atoms with E-state index in [9.17, 15) is 13.2 Å². The number of piperazine rings is 1. The van der Waals surface area contributed by atoms with Gasteiger partial charge in [-0.2, -0.15) is 0 Å². The molecule has 6 nitrogen and oxygen atoms in total. The van der Waals surface area contributed by atoms with Crippen LogP contribution in [0, 0.1) is 0 Å². The molecule has 0 radical (unpaired) electrons. The average molecular weight is 456 g/mol. The molecule has 31 heavy (non-hydrogen) atoms. The van der Waals surface area contributed by atoms with Crippen LogP contribution in [0.15, 0.2) is 60.0 Å². The van der Waals surface area contributed by atoms with Crippen LogP contribution in [0.2, 0.25) is 0 Å². The molecule has 1 amide bonds. The summed E-state index contributed by atoms with van der Waals surface area (Å²) in [7, 11) is -3.08. The summed E-state index contributed by atoms with van der Waals surface area (Å²) in [5.41, 5.74) is 3.49. The number of sulfone groups is 1. The molecule has 0 atom stereocenters. The van der Waals surface area contributed by atoms with Crippen molar-refractivity contribution in [3.63, 3.8) is 0 Å². The highest BCUT2D eigenvalue weighted by atomic mass is 32.2. The average Bonchev–Trinajstić information content (AvgIpc) is 3.22. The number of thiazole rings is 1. The second-order valence-electron chi connectivity index (χ2n) is 7.85. The van der Waals surface area contributed by atoms with Crippen molar-refractivity contribution in [1.82, 2.24) is 14.8 Å². The molecule has 0 aliphatic carbocycles. The summed E-state index contributed by atoms with van der Waals surface area (Å²) in [4.78, 5) is 21.7. The van der Waals surface area contributed by atoms with Crippen LogP contribution in [-0.2, 0) is 22.1 Å². The Morgan fingerprint density at radius 1 is 1.00 bits per heavy atom. The van der Waals surface area contributed by atoms with E-state index in [-0.39, 0.29) is 11.7 Å². The van der Waals surface area contributed by atoms with E-state index in [1.165, 1.54) is 6.26 Å². The zero-order valence-electron chi connectivity index (χ0n) is 17.4. The summed E-state index contributed by atoms with van der Waals surface area (Å²) in [6.45, 7) is 3.72. The predicted octanol–water partition coefficient (Wildman–Crippen LogP) is 3.31. The fourth-order valence-electron chi connectivity index (χ4n) is 3.66. The maximum Gasteiger partial charge on any atom is 0.253 e. The molecule has 1 fully saturated rings. The molecule has 0 N–H and O–H groups in total. The van der Waals surface area contributed by atoms with E-state index in [1.54, 1.807) is 35.6 Å². The van der Waals surface area contributed by atoms with Gasteiger partial charge in [-0.3, -0.25) is 9.69 Å². The molecule has 2 heterocycles. The van der Waals surface area contributed by atoms with Crippen molar-refractivity contribution in [2.75, 3.05) is 32.4 Å². The van der Waals surface area contributed by atoms with Crippen molar-refractivity contribution < 1.29 is 13.2 Å². The van der Waals surface area contributed by atoms with Gasteiger partial charge in [0.1, 0.15) is 5.01 Å². The standard InChI is InChI=1S/C23H25N3O3S2/c1-31(28,29)17-18-7-9-20(10-8-18)23(27)26-13-11-25(12-14-26)15-21-16-30-22(24-21)19-5-3-2-4-6-19/h2-10,16H,11-15,17H2,1H3. The summed E-state index contributed by atoms with van der Waals surface area (Å²) in [5, 5.41) is 3.14. The predicted molar refractivity (Wildman–Crippen MR) is 124 cm³/mol. The maximum atomic E-state index is 12.8. The van der Waals surface area contributed by atoms with Crippen molar-refractivity contribution in [1.29, 1.82) is 0 Å². The lowest BCUT2D eigenvalue weighted by Crippen LogP contribution is -2.48. The summed E-state index contributed by atoms with van der Waals surface area (Å²) >= 11 is 1.66. The molecule has 0 unspecified atom stereocenters. The van der Waals surface area contributed by atoms with Gasteiger partial charge in [0.15, 0.2) is 9.84 Å². The van der Waals surface area contributed by atoms with Crippen LogP contribution < -0.4 is 0 Å². The SMILES string of the molecule is CS(=O)(=O)Cc1ccc(C(=O)N2CCN(Cc3csc(-c4ccccc4)n3)CC2)cc1. The molecule has 3 aromatic rings. The Labute approximate surface area is 187 Å². The zero-order chi connectivity index (χ0) is 21.8. The lowest BCUT2D eigenvalue weighted by atomic mass is 10.1. The Morgan fingerprint density at radius 2 is 1.68 bits per heavy atom. The molecule has 0 saturated carbocycles. The Bertz CT molecular complexity index is 1130. The number of carbonyl (C=O) groups excluding carboxylic acids is 1. The van der Waals surface area contributed by atoms with E-state index in [0.717, 1.165) is 35.9 Å². The monoisotopic (exact) mass is 455 g/mol. The first-order valence-electron chi connectivity index (χ1n) is 10.2. The third-order valence-electron chi connectivity index (χ3n) is 5.25. The lowest BCUT2D eigenvalue weighted by molar-refractivity contribution is 0.0627. The molecule has 1 aliphatic heterocycles. The Kier molecular flexibility index (Phi) is 6.50. The largest absolute Gasteiger partial charge is 0.336 e. The van der Waals surface area contributed by atoms with Crippen LogP contribution in [0.1, 0.15) is 21.6 Å². The number of benzene rings is 2. The summed E-state index contributed by atoms with van der Waals surface area (Å²) < 4.78 is 22.8. The molecule has 0 bridgehead atoms. The number of hydrogen-bond acceptors (Lipinski definition) is 6. The smallest absolute Gasteiger partial charge is 0.253 e. The van der Waals surface area contributed by atoms with Crippen LogP contribution in [0.4, 0.5) is 0 Å². The molecule has 8 heteroatoms. The molecule has 4 rings (SSSR count). The van der Waals surface area contributed by atoms with E-state index in [1.807, 2.05) is 23.1 Å². The Hall–Kier alpha value is -2.55. The van der Waals surface area contributed by atoms with E-state index in [4.69, 9.17) is 4.98 Å². The Morgan fingerprint density at radius 3 is 2.32 bits per heavy atom. The van der Waals surface area contributed by atoms with Gasteiger partial charge in [-0.15, -0.1) is 11.3 Å². The first-order valence-corrected chi connectivity index (χ1v) is 13.1. The minimum Gasteiger partial charge on any atom is -0.336 e. The van der Waals surface area contributed by atoms with Crippen LogP contribution in [0.3, 0.4) is 0 Å². The fraction of sp³-hybridized carbons (Fsp3) is 0.304. The van der Waals surface area contributed by atoms with E-state index in [2.05, 4.69) is 22.4 Å². The maximum absolute atomic E-state index is 12.8. The molecule has 0 spiro atoms. The van der Waals surface area contributed by atoms with Crippen molar-refractivity contribution >= 4 is 27.1 Å². The number of carbonyl (C=O) groups is 1. The highest BCUT2D eigenvalue weighted by Gasteiger charge is 2.23. The molecule has 162 valence electrons. The van der Waals surface area contributed by atoms with Crippen molar-refractivity contribution in [3.8, 4) is 10.6 Å². The van der Waals surface area contributed by atoms with Gasteiger partial charge in [-0.1, -0.05) is 42.5 Å². The molecular weight excluding hydrogens is 430 g/mol. The third kappa shape index (κ3) is 5.78. The minimum absolute atomic E-state index is 0.00872. The topological polar surface area (TPSA) is 70.6 Å². The second-order valence-corrected chi connectivity index (χ2v) is 10.8. The number of aromatic nitrogens is 1. The van der Waals surface area contributed by atoms with Crippen LogP contribution in [0.25, 0.3) is 10.6 Å². The normalized spacial score (nSPS) is 15.2. The van der Waals surface area contributed by atoms with Gasteiger partial charge in [-0.05, 0) is 17.7 Å². The number of nitrogens with zero attached hydrogens (tertiary/aromatic N) is 3. The lowest BCUT2D eigenvalue weighted by Gasteiger charge is -2.34. The summed E-state index contributed by atoms with van der Waals surface area (Å²) in [6.07, 6.45) is 1.21. The van der Waals surface area contributed by atoms with E-state index in [0.29, 0.717) is 24.2 Å². The quantitative estimate of drug-likeness (QED) is 0.570. The van der Waals surface area contributed by atoms with Gasteiger partial charge in [-0.25, -0.2) is 13.4 Å². The highest BCUT2D eigenvalue weighted by Crippen LogP contribution is 2.24. The van der Waals surface area contributed by atoms with Crippen molar-refractivity contribution in [2.45, 2.75) is 12.3 Å². The van der Waals surface area contributed by atoms with Crippen LogP contribution >= 0.6 is 11.3 Å². The minimum atomic E-state index is -3.08. The van der Waals surface area contributed by atoms with E-state index < -0.39 is 9.84 Å². The van der Waals surface area contributed by atoms with Crippen LogP contribution in [-0.4, -0.2) is 61.5 Å². The van der Waals surface area contributed by atoms with Gasteiger partial charge in [0.25, 0.3) is 5.91 Å². The zero-order valence-corrected chi connectivity index (χ0v) is 19.0. The second kappa shape index (κ2) is 9.30. The molecule has 1 saturated heterocycles.